The first-order valence-electron chi connectivity index (χ1n) is 5.64. The fraction of sp³-hybridized carbons (Fsp3) is 0.0769. The van der Waals surface area contributed by atoms with Crippen LogP contribution in [0.25, 0.3) is 11.1 Å². The Kier molecular flexibility index (Phi) is 2.87. The summed E-state index contributed by atoms with van der Waals surface area (Å²) in [5, 5.41) is 3.17. The smallest absolute Gasteiger partial charge is 0.408 e. The van der Waals surface area contributed by atoms with Gasteiger partial charge in [0.05, 0.1) is 5.52 Å². The van der Waals surface area contributed by atoms with Gasteiger partial charge in [0.25, 0.3) is 0 Å². The van der Waals surface area contributed by atoms with Gasteiger partial charge in [-0.15, -0.1) is 0 Å². The van der Waals surface area contributed by atoms with Crippen LogP contribution in [0.3, 0.4) is 0 Å². The number of hydrogen-bond acceptors (Lipinski definition) is 4. The van der Waals surface area contributed by atoms with Crippen molar-refractivity contribution in [1.29, 1.82) is 0 Å². The predicted octanol–water partition coefficient (Wildman–Crippen LogP) is 3.33. The Hall–Kier alpha value is -2.08. The molecule has 19 heavy (non-hydrogen) atoms. The highest BCUT2D eigenvalue weighted by Crippen LogP contribution is 2.22. The first-order valence-corrected chi connectivity index (χ1v) is 6.43. The molecule has 96 valence electrons. The van der Waals surface area contributed by atoms with Crippen LogP contribution >= 0.6 is 15.9 Å². The van der Waals surface area contributed by atoms with Crippen molar-refractivity contribution in [1.82, 2.24) is 9.97 Å². The summed E-state index contributed by atoms with van der Waals surface area (Å²) in [6.07, 6.45) is 1.74. The van der Waals surface area contributed by atoms with Gasteiger partial charge in [-0.1, -0.05) is 0 Å². The van der Waals surface area contributed by atoms with Gasteiger partial charge in [0.1, 0.15) is 5.82 Å². The molecule has 3 rings (SSSR count). The van der Waals surface area contributed by atoms with Crippen LogP contribution in [0.15, 0.2) is 44.1 Å². The van der Waals surface area contributed by atoms with Crippen LogP contribution in [0.1, 0.15) is 5.56 Å². The monoisotopic (exact) mass is 319 g/mol. The van der Waals surface area contributed by atoms with Crippen molar-refractivity contribution in [2.24, 2.45) is 0 Å². The van der Waals surface area contributed by atoms with Crippen molar-refractivity contribution in [2.45, 2.75) is 6.92 Å². The number of anilines is 2. The van der Waals surface area contributed by atoms with Crippen molar-refractivity contribution < 1.29 is 4.42 Å². The number of H-pyrrole nitrogens is 1. The number of oxazole rings is 1. The van der Waals surface area contributed by atoms with Gasteiger partial charge >= 0.3 is 5.76 Å². The fourth-order valence-electron chi connectivity index (χ4n) is 1.78. The van der Waals surface area contributed by atoms with Gasteiger partial charge in [-0.25, -0.2) is 9.78 Å². The van der Waals surface area contributed by atoms with E-state index in [1.54, 1.807) is 18.3 Å². The zero-order chi connectivity index (χ0) is 13.4. The number of aryl methyl sites for hydroxylation is 1. The summed E-state index contributed by atoms with van der Waals surface area (Å²) in [7, 11) is 0. The van der Waals surface area contributed by atoms with E-state index >= 15 is 0 Å². The first-order chi connectivity index (χ1) is 9.11. The molecule has 0 saturated heterocycles. The maximum Gasteiger partial charge on any atom is 0.417 e. The van der Waals surface area contributed by atoms with Crippen LogP contribution < -0.4 is 11.1 Å². The van der Waals surface area contributed by atoms with Gasteiger partial charge in [-0.3, -0.25) is 4.98 Å². The molecular weight excluding hydrogens is 310 g/mol. The van der Waals surface area contributed by atoms with E-state index in [0.29, 0.717) is 11.1 Å². The number of nitrogens with one attached hydrogen (secondary N) is 2. The average Bonchev–Trinajstić information content (AvgIpc) is 2.73. The number of rotatable bonds is 2. The third-order valence-corrected chi connectivity index (χ3v) is 3.57. The van der Waals surface area contributed by atoms with Crippen LogP contribution in [0, 0.1) is 6.92 Å². The standard InChI is InChI=1S/C13H10BrN3O2/c1-7-4-12(15-6-9(7)14)16-8-2-3-10-11(5-8)19-13(18)17-10/h2-6H,1H3,(H,15,16)(H,17,18). The number of halogens is 1. The Morgan fingerprint density at radius 3 is 3.00 bits per heavy atom. The summed E-state index contributed by atoms with van der Waals surface area (Å²) in [5.41, 5.74) is 3.09. The Balaban J connectivity index is 1.95. The molecule has 2 N–H and O–H groups in total. The summed E-state index contributed by atoms with van der Waals surface area (Å²) in [6, 6.07) is 7.33. The summed E-state index contributed by atoms with van der Waals surface area (Å²) < 4.78 is 5.97. The van der Waals surface area contributed by atoms with Crippen molar-refractivity contribution in [3.63, 3.8) is 0 Å². The molecule has 0 unspecified atom stereocenters. The van der Waals surface area contributed by atoms with E-state index in [9.17, 15) is 4.79 Å². The Labute approximate surface area is 116 Å². The van der Waals surface area contributed by atoms with Gasteiger partial charge in [0.2, 0.25) is 0 Å². The molecule has 0 aliphatic rings. The lowest BCUT2D eigenvalue weighted by atomic mass is 10.2. The van der Waals surface area contributed by atoms with E-state index in [1.165, 1.54) is 0 Å². The number of aromatic nitrogens is 2. The van der Waals surface area contributed by atoms with E-state index in [0.717, 1.165) is 21.5 Å². The van der Waals surface area contributed by atoms with Crippen LogP contribution in [-0.4, -0.2) is 9.97 Å². The van der Waals surface area contributed by atoms with Gasteiger partial charge < -0.3 is 9.73 Å². The molecule has 0 aliphatic heterocycles. The molecule has 0 atom stereocenters. The molecule has 0 fully saturated rings. The number of fused-ring (bicyclic) bond motifs is 1. The minimum atomic E-state index is -0.454. The molecule has 0 spiro atoms. The second kappa shape index (κ2) is 4.55. The quantitative estimate of drug-likeness (QED) is 0.760. The number of benzene rings is 1. The second-order valence-corrected chi connectivity index (χ2v) is 5.02. The predicted molar refractivity (Wildman–Crippen MR) is 76.8 cm³/mol. The largest absolute Gasteiger partial charge is 0.417 e. The minimum absolute atomic E-state index is 0.454. The molecule has 3 aromatic rings. The van der Waals surface area contributed by atoms with Crippen molar-refractivity contribution in [2.75, 3.05) is 5.32 Å². The second-order valence-electron chi connectivity index (χ2n) is 4.17. The topological polar surface area (TPSA) is 70.9 Å². The van der Waals surface area contributed by atoms with Gasteiger partial charge in [0, 0.05) is 22.4 Å². The lowest BCUT2D eigenvalue weighted by Gasteiger charge is -2.06. The minimum Gasteiger partial charge on any atom is -0.408 e. The van der Waals surface area contributed by atoms with Crippen molar-refractivity contribution in [3.8, 4) is 0 Å². The van der Waals surface area contributed by atoms with Crippen molar-refractivity contribution in [3.05, 3.63) is 51.0 Å². The van der Waals surface area contributed by atoms with E-state index < -0.39 is 5.76 Å². The van der Waals surface area contributed by atoms with E-state index in [4.69, 9.17) is 4.42 Å². The highest BCUT2D eigenvalue weighted by atomic mass is 79.9. The lowest BCUT2D eigenvalue weighted by Crippen LogP contribution is -1.94. The number of hydrogen-bond donors (Lipinski definition) is 2. The summed E-state index contributed by atoms with van der Waals surface area (Å²) in [5.74, 6) is 0.280. The van der Waals surface area contributed by atoms with E-state index in [-0.39, 0.29) is 0 Å². The zero-order valence-electron chi connectivity index (χ0n) is 10.0. The molecule has 0 radical (unpaired) electrons. The van der Waals surface area contributed by atoms with Gasteiger partial charge in [-0.05, 0) is 46.6 Å². The summed E-state index contributed by atoms with van der Waals surface area (Å²) in [6.45, 7) is 1.99. The molecule has 2 aromatic heterocycles. The highest BCUT2D eigenvalue weighted by Gasteiger charge is 2.04. The number of pyridine rings is 1. The van der Waals surface area contributed by atoms with Crippen LogP contribution in [0.2, 0.25) is 0 Å². The SMILES string of the molecule is Cc1cc(Nc2ccc3[nH]c(=O)oc3c2)ncc1Br. The van der Waals surface area contributed by atoms with Gasteiger partial charge in [0.15, 0.2) is 5.58 Å². The van der Waals surface area contributed by atoms with Crippen LogP contribution in [-0.2, 0) is 0 Å². The molecule has 0 saturated carbocycles. The Bertz CT molecular complexity index is 807. The first kappa shape index (κ1) is 12.0. The Morgan fingerprint density at radius 2 is 2.21 bits per heavy atom. The lowest BCUT2D eigenvalue weighted by molar-refractivity contribution is 0.555. The molecule has 0 aliphatic carbocycles. The molecule has 1 aromatic carbocycles. The number of nitrogens with zero attached hydrogens (tertiary/aromatic N) is 1. The Morgan fingerprint density at radius 1 is 1.37 bits per heavy atom. The molecule has 0 bridgehead atoms. The third-order valence-electron chi connectivity index (χ3n) is 2.74. The zero-order valence-corrected chi connectivity index (χ0v) is 11.6. The molecule has 5 nitrogen and oxygen atoms in total. The maximum absolute atomic E-state index is 11.1. The normalized spacial score (nSPS) is 10.8. The highest BCUT2D eigenvalue weighted by molar-refractivity contribution is 9.10. The van der Waals surface area contributed by atoms with Crippen LogP contribution in [0.5, 0.6) is 0 Å². The number of aromatic amines is 1. The van der Waals surface area contributed by atoms with Gasteiger partial charge in [-0.2, -0.15) is 0 Å². The maximum atomic E-state index is 11.1. The molecular formula is C13H10BrN3O2. The average molecular weight is 320 g/mol. The van der Waals surface area contributed by atoms with E-state index in [1.807, 2.05) is 19.1 Å². The molecule has 6 heteroatoms. The molecule has 2 heterocycles. The van der Waals surface area contributed by atoms with Crippen molar-refractivity contribution >= 4 is 38.5 Å². The third kappa shape index (κ3) is 2.39. The molecule has 0 amide bonds. The van der Waals surface area contributed by atoms with E-state index in [2.05, 4.69) is 31.2 Å². The van der Waals surface area contributed by atoms with Crippen LogP contribution in [0.4, 0.5) is 11.5 Å². The summed E-state index contributed by atoms with van der Waals surface area (Å²) in [4.78, 5) is 17.9. The summed E-state index contributed by atoms with van der Waals surface area (Å²) >= 11 is 3.41. The fourth-order valence-corrected chi connectivity index (χ4v) is 2.00.